The highest BCUT2D eigenvalue weighted by molar-refractivity contribution is 6.28. The maximum atomic E-state index is 5.92. The maximum Gasteiger partial charge on any atom is 0.226 e. The van der Waals surface area contributed by atoms with Gasteiger partial charge in [0.25, 0.3) is 0 Å². The molecule has 6 heteroatoms. The highest BCUT2D eigenvalue weighted by Crippen LogP contribution is 2.43. The summed E-state index contributed by atoms with van der Waals surface area (Å²) in [6, 6.07) is 10.9. The number of H-pyrrole nitrogens is 1. The fourth-order valence-corrected chi connectivity index (χ4v) is 2.67. The number of benzene rings is 1. The van der Waals surface area contributed by atoms with Crippen molar-refractivity contribution in [3.05, 3.63) is 47.5 Å². The average molecular weight is 286 g/mol. The summed E-state index contributed by atoms with van der Waals surface area (Å²) in [7, 11) is 0. The van der Waals surface area contributed by atoms with Crippen molar-refractivity contribution < 1.29 is 0 Å². The number of hydrogen-bond acceptors (Lipinski definition) is 4. The van der Waals surface area contributed by atoms with Crippen molar-refractivity contribution in [1.29, 1.82) is 0 Å². The Balaban J connectivity index is 1.59. The first-order valence-corrected chi connectivity index (χ1v) is 6.87. The third kappa shape index (κ3) is 2.00. The van der Waals surface area contributed by atoms with E-state index in [0.717, 1.165) is 17.8 Å². The van der Waals surface area contributed by atoms with Crippen molar-refractivity contribution in [3.8, 4) is 0 Å². The van der Waals surface area contributed by atoms with Gasteiger partial charge in [-0.1, -0.05) is 30.3 Å². The number of nitrogens with zero attached hydrogens (tertiary/aromatic N) is 3. The monoisotopic (exact) mass is 285 g/mol. The smallest absolute Gasteiger partial charge is 0.226 e. The molecule has 100 valence electrons. The van der Waals surface area contributed by atoms with Gasteiger partial charge in [-0.3, -0.25) is 0 Å². The fourth-order valence-electron chi connectivity index (χ4n) is 2.51. The van der Waals surface area contributed by atoms with Gasteiger partial charge in [-0.15, -0.1) is 0 Å². The van der Waals surface area contributed by atoms with E-state index in [1.807, 2.05) is 6.07 Å². The molecule has 20 heavy (non-hydrogen) atoms. The summed E-state index contributed by atoms with van der Waals surface area (Å²) in [5, 5.41) is 3.64. The second-order valence-electron chi connectivity index (χ2n) is 4.95. The lowest BCUT2D eigenvalue weighted by atomic mass is 10.1. The largest absolute Gasteiger partial charge is 0.365 e. The highest BCUT2D eigenvalue weighted by Gasteiger charge is 2.38. The molecule has 2 heterocycles. The predicted octanol–water partition coefficient (Wildman–Crippen LogP) is 2.97. The highest BCUT2D eigenvalue weighted by atomic mass is 35.5. The van der Waals surface area contributed by atoms with E-state index in [2.05, 4.69) is 49.5 Å². The normalized spacial score (nSPS) is 21.1. The maximum absolute atomic E-state index is 5.92. The third-order valence-electron chi connectivity index (χ3n) is 3.60. The number of fused-ring (bicyclic) bond motifs is 1. The van der Waals surface area contributed by atoms with Crippen LogP contribution in [0.3, 0.4) is 0 Å². The average Bonchev–Trinajstić information content (AvgIpc) is 3.06. The number of rotatable bonds is 3. The minimum absolute atomic E-state index is 0.212. The number of halogens is 1. The zero-order valence-corrected chi connectivity index (χ0v) is 11.3. The first-order chi connectivity index (χ1) is 9.81. The number of anilines is 1. The summed E-state index contributed by atoms with van der Waals surface area (Å²) in [6.07, 6.45) is 2.70. The second-order valence-corrected chi connectivity index (χ2v) is 5.28. The van der Waals surface area contributed by atoms with Gasteiger partial charge < -0.3 is 10.3 Å². The SMILES string of the molecule is Clc1nc(N[C@@H]2C[C@H]2c2ccccc2)c2[nH]cnc2n1. The van der Waals surface area contributed by atoms with Crippen LogP contribution in [0.2, 0.25) is 5.28 Å². The van der Waals surface area contributed by atoms with Crippen LogP contribution >= 0.6 is 11.6 Å². The molecule has 0 aliphatic heterocycles. The Hall–Kier alpha value is -2.14. The van der Waals surface area contributed by atoms with Crippen LogP contribution in [0.5, 0.6) is 0 Å². The van der Waals surface area contributed by atoms with Gasteiger partial charge in [-0.2, -0.15) is 9.97 Å². The molecule has 0 bridgehead atoms. The summed E-state index contributed by atoms with van der Waals surface area (Å²) in [5.41, 5.74) is 2.74. The van der Waals surface area contributed by atoms with Crippen LogP contribution in [0.15, 0.2) is 36.7 Å². The van der Waals surface area contributed by atoms with Gasteiger partial charge in [0.15, 0.2) is 11.5 Å². The molecular weight excluding hydrogens is 274 g/mol. The van der Waals surface area contributed by atoms with Gasteiger partial charge in [0, 0.05) is 12.0 Å². The van der Waals surface area contributed by atoms with E-state index in [-0.39, 0.29) is 5.28 Å². The van der Waals surface area contributed by atoms with Crippen molar-refractivity contribution in [2.75, 3.05) is 5.32 Å². The van der Waals surface area contributed by atoms with Crippen LogP contribution in [-0.2, 0) is 0 Å². The van der Waals surface area contributed by atoms with Crippen molar-refractivity contribution in [1.82, 2.24) is 19.9 Å². The van der Waals surface area contributed by atoms with Crippen LogP contribution in [-0.4, -0.2) is 26.0 Å². The molecular formula is C14H12ClN5. The van der Waals surface area contributed by atoms with Crippen LogP contribution in [0.1, 0.15) is 17.9 Å². The van der Waals surface area contributed by atoms with Gasteiger partial charge in [0.1, 0.15) is 5.52 Å². The summed E-state index contributed by atoms with van der Waals surface area (Å²) in [5.74, 6) is 1.25. The third-order valence-corrected chi connectivity index (χ3v) is 3.77. The number of imidazole rings is 1. The fraction of sp³-hybridized carbons (Fsp3) is 0.214. The molecule has 4 rings (SSSR count). The molecule has 5 nitrogen and oxygen atoms in total. The topological polar surface area (TPSA) is 66.5 Å². The second kappa shape index (κ2) is 4.45. The molecule has 0 spiro atoms. The first kappa shape index (κ1) is 11.7. The van der Waals surface area contributed by atoms with Gasteiger partial charge in [0.2, 0.25) is 5.28 Å². The molecule has 2 N–H and O–H groups in total. The Morgan fingerprint density at radius 2 is 2.05 bits per heavy atom. The quantitative estimate of drug-likeness (QED) is 0.726. The summed E-state index contributed by atoms with van der Waals surface area (Å²) >= 11 is 5.92. The molecule has 0 unspecified atom stereocenters. The number of hydrogen-bond donors (Lipinski definition) is 2. The summed E-state index contributed by atoms with van der Waals surface area (Å²) < 4.78 is 0. The van der Waals surface area contributed by atoms with E-state index < -0.39 is 0 Å². The number of aromatic nitrogens is 4. The lowest BCUT2D eigenvalue weighted by Gasteiger charge is -2.06. The van der Waals surface area contributed by atoms with Crippen LogP contribution in [0.4, 0.5) is 5.82 Å². The Morgan fingerprint density at radius 1 is 1.20 bits per heavy atom. The van der Waals surface area contributed by atoms with E-state index in [9.17, 15) is 0 Å². The van der Waals surface area contributed by atoms with E-state index in [1.54, 1.807) is 6.33 Å². The predicted molar refractivity (Wildman–Crippen MR) is 77.9 cm³/mol. The Labute approximate surface area is 120 Å². The molecule has 2 atom stereocenters. The summed E-state index contributed by atoms with van der Waals surface area (Å²) in [4.78, 5) is 15.5. The molecule has 1 fully saturated rings. The molecule has 0 saturated heterocycles. The van der Waals surface area contributed by atoms with E-state index in [4.69, 9.17) is 11.6 Å². The lowest BCUT2D eigenvalue weighted by molar-refractivity contribution is 1.03. The van der Waals surface area contributed by atoms with Crippen molar-refractivity contribution in [2.24, 2.45) is 0 Å². The van der Waals surface area contributed by atoms with Crippen LogP contribution in [0, 0.1) is 0 Å². The van der Waals surface area contributed by atoms with Crippen molar-refractivity contribution in [3.63, 3.8) is 0 Å². The minimum atomic E-state index is 0.212. The number of nitrogens with one attached hydrogen (secondary N) is 2. The molecule has 0 radical (unpaired) electrons. The molecule has 1 aliphatic carbocycles. The molecule has 2 aromatic heterocycles. The zero-order chi connectivity index (χ0) is 13.5. The molecule has 1 saturated carbocycles. The molecule has 3 aromatic rings. The first-order valence-electron chi connectivity index (χ1n) is 6.49. The Morgan fingerprint density at radius 3 is 2.90 bits per heavy atom. The standard InChI is InChI=1S/C14H12ClN5/c15-14-19-12-11(16-7-17-12)13(20-14)18-10-6-9(10)8-4-2-1-3-5-8/h1-5,7,9-10H,6H2,(H2,16,17,18,19,20)/t9-,10+/m0/s1. The van der Waals surface area contributed by atoms with E-state index >= 15 is 0 Å². The van der Waals surface area contributed by atoms with Gasteiger partial charge in [-0.05, 0) is 23.6 Å². The van der Waals surface area contributed by atoms with Gasteiger partial charge >= 0.3 is 0 Å². The molecule has 1 aliphatic rings. The van der Waals surface area contributed by atoms with Crippen molar-refractivity contribution in [2.45, 2.75) is 18.4 Å². The Bertz CT molecular complexity index is 755. The van der Waals surface area contributed by atoms with Crippen molar-refractivity contribution >= 4 is 28.6 Å². The van der Waals surface area contributed by atoms with Crippen LogP contribution < -0.4 is 5.32 Å². The van der Waals surface area contributed by atoms with Crippen LogP contribution in [0.25, 0.3) is 11.2 Å². The zero-order valence-electron chi connectivity index (χ0n) is 10.5. The van der Waals surface area contributed by atoms with Gasteiger partial charge in [0.05, 0.1) is 6.33 Å². The molecule has 1 aromatic carbocycles. The van der Waals surface area contributed by atoms with Gasteiger partial charge in [-0.25, -0.2) is 4.98 Å². The lowest BCUT2D eigenvalue weighted by Crippen LogP contribution is -2.07. The summed E-state index contributed by atoms with van der Waals surface area (Å²) in [6.45, 7) is 0. The van der Waals surface area contributed by atoms with E-state index in [1.165, 1.54) is 5.56 Å². The van der Waals surface area contributed by atoms with E-state index in [0.29, 0.717) is 17.6 Å². The Kier molecular flexibility index (Phi) is 2.60. The number of aromatic amines is 1. The molecule has 0 amide bonds. The minimum Gasteiger partial charge on any atom is -0.365 e.